The van der Waals surface area contributed by atoms with Gasteiger partial charge in [-0.2, -0.15) is 30.7 Å². The van der Waals surface area contributed by atoms with E-state index in [1.807, 2.05) is 11.8 Å². The first-order valence-corrected chi connectivity index (χ1v) is 9.99. The van der Waals surface area contributed by atoms with Crippen molar-refractivity contribution in [3.8, 4) is 0 Å². The van der Waals surface area contributed by atoms with E-state index < -0.39 is 43.5 Å². The van der Waals surface area contributed by atoms with Crippen LogP contribution in [0.3, 0.4) is 0 Å². The Morgan fingerprint density at radius 1 is 1.27 bits per heavy atom. The number of halogens is 4. The van der Waals surface area contributed by atoms with Crippen LogP contribution in [0, 0.1) is 5.95 Å². The van der Waals surface area contributed by atoms with Gasteiger partial charge in [0.25, 0.3) is 10.1 Å². The van der Waals surface area contributed by atoms with Crippen LogP contribution in [0.2, 0.25) is 0 Å². The minimum absolute atomic E-state index is 0.157. The molecule has 9 nitrogen and oxygen atoms in total. The van der Waals surface area contributed by atoms with Crippen LogP contribution in [-0.4, -0.2) is 47.4 Å². The number of aromatic nitrogens is 2. The van der Waals surface area contributed by atoms with Gasteiger partial charge in [0.1, 0.15) is 10.6 Å². The number of rotatable bonds is 4. The van der Waals surface area contributed by atoms with E-state index in [1.54, 1.807) is 0 Å². The molecular weight excluding hydrogens is 434 g/mol. The topological polar surface area (TPSA) is 117 Å². The summed E-state index contributed by atoms with van der Waals surface area (Å²) in [7, 11) is -4.73. The van der Waals surface area contributed by atoms with E-state index in [-0.39, 0.29) is 11.7 Å². The highest BCUT2D eigenvalue weighted by Gasteiger charge is 2.42. The number of azo groups is 1. The van der Waals surface area contributed by atoms with Crippen molar-refractivity contribution in [1.82, 2.24) is 9.78 Å². The zero-order valence-corrected chi connectivity index (χ0v) is 16.2. The number of anilines is 1. The van der Waals surface area contributed by atoms with E-state index in [0.29, 0.717) is 18.3 Å². The molecule has 2 aromatic rings. The second-order valence-corrected chi connectivity index (χ2v) is 7.94. The lowest BCUT2D eigenvalue weighted by Crippen LogP contribution is -2.30. The molecule has 1 N–H and O–H groups in total. The standard InChI is InChI=1S/C16H15F4N5O4S/c1-9-3-2-6-24(9)10-4-5-11(12(7-10)30(27,28)29)21-22-14-8-13(17)25(23-14)15(26)16(18,19)20/h4-5,7-9H,2-3,6H2,1H3,(H,27,28,29). The quantitative estimate of drug-likeness (QED) is 0.430. The minimum Gasteiger partial charge on any atom is -0.369 e. The molecule has 30 heavy (non-hydrogen) atoms. The minimum atomic E-state index is -5.36. The predicted molar refractivity (Wildman–Crippen MR) is 95.3 cm³/mol. The Kier molecular flexibility index (Phi) is 5.64. The Morgan fingerprint density at radius 3 is 2.53 bits per heavy atom. The number of hydrogen-bond acceptors (Lipinski definition) is 7. The molecule has 1 aromatic heterocycles. The highest BCUT2D eigenvalue weighted by atomic mass is 32.2. The molecule has 2 heterocycles. The number of hydrogen-bond donors (Lipinski definition) is 1. The lowest BCUT2D eigenvalue weighted by atomic mass is 10.2. The molecular formula is C16H15F4N5O4S. The zero-order valence-electron chi connectivity index (χ0n) is 15.3. The maximum absolute atomic E-state index is 13.6. The maximum Gasteiger partial charge on any atom is 0.473 e. The molecule has 0 bridgehead atoms. The van der Waals surface area contributed by atoms with Gasteiger partial charge in [-0.25, -0.2) is 0 Å². The monoisotopic (exact) mass is 449 g/mol. The second kappa shape index (κ2) is 7.75. The zero-order chi connectivity index (χ0) is 22.3. The SMILES string of the molecule is CC1CCCN1c1ccc(N=Nc2cc(F)n(C(=O)C(F)(F)F)n2)c(S(=O)(=O)O)c1. The van der Waals surface area contributed by atoms with Crippen molar-refractivity contribution in [1.29, 1.82) is 0 Å². The average molecular weight is 449 g/mol. The summed E-state index contributed by atoms with van der Waals surface area (Å²) < 4.78 is 83.3. The number of nitrogens with zero attached hydrogens (tertiary/aromatic N) is 5. The Hall–Kier alpha value is -2.87. The van der Waals surface area contributed by atoms with E-state index in [4.69, 9.17) is 0 Å². The summed E-state index contributed by atoms with van der Waals surface area (Å²) in [5, 5.41) is 9.99. The van der Waals surface area contributed by atoms with Gasteiger partial charge in [0.15, 0.2) is 5.82 Å². The van der Waals surface area contributed by atoms with Crippen LogP contribution >= 0.6 is 0 Å². The molecule has 1 fully saturated rings. The van der Waals surface area contributed by atoms with Gasteiger partial charge >= 0.3 is 12.1 Å². The third-order valence-corrected chi connectivity index (χ3v) is 5.34. The molecule has 1 aliphatic rings. The van der Waals surface area contributed by atoms with Crippen molar-refractivity contribution in [3.05, 3.63) is 30.2 Å². The average Bonchev–Trinajstić information content (AvgIpc) is 3.23. The molecule has 162 valence electrons. The first kappa shape index (κ1) is 21.8. The van der Waals surface area contributed by atoms with Gasteiger partial charge in [0.05, 0.1) is 0 Å². The lowest BCUT2D eigenvalue weighted by Gasteiger charge is -2.24. The molecule has 0 spiro atoms. The summed E-state index contributed by atoms with van der Waals surface area (Å²) in [5.74, 6) is -4.90. The Labute approximate surface area is 167 Å². The van der Waals surface area contributed by atoms with E-state index in [1.165, 1.54) is 18.2 Å². The fourth-order valence-electron chi connectivity index (χ4n) is 3.05. The van der Waals surface area contributed by atoms with Crippen molar-refractivity contribution in [2.75, 3.05) is 11.4 Å². The summed E-state index contributed by atoms with van der Waals surface area (Å²) in [6.07, 6.45) is -3.54. The third kappa shape index (κ3) is 4.48. The summed E-state index contributed by atoms with van der Waals surface area (Å²) in [6, 6.07) is 4.54. The summed E-state index contributed by atoms with van der Waals surface area (Å²) in [4.78, 5) is 12.4. The molecule has 0 saturated carbocycles. The Bertz CT molecular complexity index is 1110. The van der Waals surface area contributed by atoms with Gasteiger partial charge in [0, 0.05) is 24.3 Å². The molecule has 1 atom stereocenters. The highest BCUT2D eigenvalue weighted by molar-refractivity contribution is 7.86. The van der Waals surface area contributed by atoms with Gasteiger partial charge in [-0.3, -0.25) is 9.35 Å². The summed E-state index contributed by atoms with van der Waals surface area (Å²) >= 11 is 0. The van der Waals surface area contributed by atoms with Crippen LogP contribution < -0.4 is 4.90 Å². The van der Waals surface area contributed by atoms with Crippen LogP contribution in [-0.2, 0) is 10.1 Å². The van der Waals surface area contributed by atoms with Crippen molar-refractivity contribution >= 4 is 33.2 Å². The first-order valence-electron chi connectivity index (χ1n) is 8.55. The highest BCUT2D eigenvalue weighted by Crippen LogP contribution is 2.33. The lowest BCUT2D eigenvalue weighted by molar-refractivity contribution is -0.0963. The fourth-order valence-corrected chi connectivity index (χ4v) is 3.69. The van der Waals surface area contributed by atoms with Gasteiger partial charge in [-0.15, -0.1) is 15.3 Å². The third-order valence-electron chi connectivity index (χ3n) is 4.45. The number of alkyl halides is 3. The van der Waals surface area contributed by atoms with Crippen molar-refractivity contribution < 1.29 is 35.3 Å². The van der Waals surface area contributed by atoms with E-state index in [9.17, 15) is 35.3 Å². The van der Waals surface area contributed by atoms with E-state index in [0.717, 1.165) is 12.8 Å². The van der Waals surface area contributed by atoms with Crippen LogP contribution in [0.15, 0.2) is 39.4 Å². The van der Waals surface area contributed by atoms with Crippen LogP contribution in [0.4, 0.5) is 34.8 Å². The normalized spacial score (nSPS) is 17.8. The summed E-state index contributed by atoms with van der Waals surface area (Å²) in [6.45, 7) is 2.65. The molecule has 0 aliphatic carbocycles. The van der Waals surface area contributed by atoms with Crippen LogP contribution in [0.25, 0.3) is 0 Å². The van der Waals surface area contributed by atoms with Gasteiger partial charge < -0.3 is 4.90 Å². The van der Waals surface area contributed by atoms with Crippen LogP contribution in [0.5, 0.6) is 0 Å². The fraction of sp³-hybridized carbons (Fsp3) is 0.375. The Balaban J connectivity index is 1.95. The largest absolute Gasteiger partial charge is 0.473 e. The molecule has 1 saturated heterocycles. The molecule has 3 rings (SSSR count). The smallest absolute Gasteiger partial charge is 0.369 e. The number of benzene rings is 1. The van der Waals surface area contributed by atoms with E-state index in [2.05, 4.69) is 15.3 Å². The molecule has 0 amide bonds. The number of carbonyl (C=O) groups excluding carboxylic acids is 1. The summed E-state index contributed by atoms with van der Waals surface area (Å²) in [5.41, 5.74) is 0.183. The first-order chi connectivity index (χ1) is 13.9. The molecule has 1 aromatic carbocycles. The van der Waals surface area contributed by atoms with E-state index >= 15 is 0 Å². The second-order valence-electron chi connectivity index (χ2n) is 6.55. The van der Waals surface area contributed by atoms with Gasteiger partial charge in [-0.05, 0) is 38.0 Å². The van der Waals surface area contributed by atoms with Gasteiger partial charge in [0.2, 0.25) is 5.95 Å². The Morgan fingerprint density at radius 2 is 1.97 bits per heavy atom. The molecule has 1 unspecified atom stereocenters. The van der Waals surface area contributed by atoms with Crippen molar-refractivity contribution in [2.24, 2.45) is 10.2 Å². The van der Waals surface area contributed by atoms with Crippen molar-refractivity contribution in [3.63, 3.8) is 0 Å². The van der Waals surface area contributed by atoms with Crippen molar-refractivity contribution in [2.45, 2.75) is 36.9 Å². The number of carbonyl (C=O) groups is 1. The van der Waals surface area contributed by atoms with Gasteiger partial charge in [-0.1, -0.05) is 0 Å². The van der Waals surface area contributed by atoms with Crippen LogP contribution in [0.1, 0.15) is 24.6 Å². The predicted octanol–water partition coefficient (Wildman–Crippen LogP) is 3.88. The molecule has 0 radical (unpaired) electrons. The maximum atomic E-state index is 13.6. The molecule has 1 aliphatic heterocycles. The molecule has 14 heteroatoms.